The van der Waals surface area contributed by atoms with Crippen molar-refractivity contribution in [2.45, 2.75) is 37.2 Å². The summed E-state index contributed by atoms with van der Waals surface area (Å²) in [7, 11) is 4.89. The Hall–Kier alpha value is -3.15. The lowest BCUT2D eigenvalue weighted by atomic mass is 9.96. The molecular weight excluding hydrogens is 454 g/mol. The van der Waals surface area contributed by atoms with Crippen molar-refractivity contribution in [2.75, 3.05) is 21.2 Å². The number of carboxylic acid groups (broad SMARTS) is 2. The number of carbonyl (C=O) groups is 3. The molecule has 3 atom stereocenters. The van der Waals surface area contributed by atoms with E-state index in [0.29, 0.717) is 11.5 Å². The molecule has 11 heteroatoms. The van der Waals surface area contributed by atoms with Gasteiger partial charge in [-0.05, 0) is 49.8 Å². The van der Waals surface area contributed by atoms with Gasteiger partial charge in [0.2, 0.25) is 0 Å². The van der Waals surface area contributed by atoms with Gasteiger partial charge in [-0.2, -0.15) is 0 Å². The van der Waals surface area contributed by atoms with Crippen LogP contribution in [-0.2, 0) is 19.1 Å². The van der Waals surface area contributed by atoms with Crippen LogP contribution >= 0.6 is 11.3 Å². The molecule has 0 fully saturated rings. The normalized spacial score (nSPS) is 14.7. The summed E-state index contributed by atoms with van der Waals surface area (Å²) in [6.07, 6.45) is -3.30. The number of hydrogen-bond donors (Lipinski definition) is 3. The van der Waals surface area contributed by atoms with Gasteiger partial charge in [-0.3, -0.25) is 14.5 Å². The fourth-order valence-corrected chi connectivity index (χ4v) is 3.73. The number of carboxylic acids is 2. The molecule has 0 radical (unpaired) electrons. The van der Waals surface area contributed by atoms with Crippen LogP contribution in [0.3, 0.4) is 0 Å². The molecule has 0 aliphatic heterocycles. The lowest BCUT2D eigenvalue weighted by Gasteiger charge is -2.29. The molecule has 0 aliphatic carbocycles. The van der Waals surface area contributed by atoms with E-state index in [2.05, 4.69) is 0 Å². The lowest BCUT2D eigenvalue weighted by Crippen LogP contribution is -2.44. The number of aliphatic carboxylic acids is 2. The van der Waals surface area contributed by atoms with Gasteiger partial charge >= 0.3 is 17.9 Å². The number of rotatable bonds is 13. The van der Waals surface area contributed by atoms with Crippen LogP contribution in [0.5, 0.6) is 11.5 Å². The first-order chi connectivity index (χ1) is 15.5. The summed E-state index contributed by atoms with van der Waals surface area (Å²) in [6, 6.07) is 10.7. The van der Waals surface area contributed by atoms with Crippen LogP contribution in [0.1, 0.15) is 30.2 Å². The molecule has 180 valence electrons. The molecule has 1 aromatic carbocycles. The quantitative estimate of drug-likeness (QED) is 0.288. The highest BCUT2D eigenvalue weighted by molar-refractivity contribution is 7.10. The zero-order valence-electron chi connectivity index (χ0n) is 18.5. The molecule has 0 spiro atoms. The second kappa shape index (κ2) is 11.6. The van der Waals surface area contributed by atoms with Crippen LogP contribution in [0, 0.1) is 0 Å². The summed E-state index contributed by atoms with van der Waals surface area (Å²) in [5, 5.41) is 30.1. The lowest BCUT2D eigenvalue weighted by molar-refractivity contribution is -0.177. The number of thiophene rings is 1. The first-order valence-corrected chi connectivity index (χ1v) is 10.8. The first-order valence-electron chi connectivity index (χ1n) is 9.91. The molecule has 0 bridgehead atoms. The zero-order valence-corrected chi connectivity index (χ0v) is 19.3. The van der Waals surface area contributed by atoms with Gasteiger partial charge in [0.1, 0.15) is 17.6 Å². The predicted molar refractivity (Wildman–Crippen MR) is 118 cm³/mol. The van der Waals surface area contributed by atoms with Crippen LogP contribution in [0.2, 0.25) is 0 Å². The van der Waals surface area contributed by atoms with Crippen molar-refractivity contribution in [1.82, 2.24) is 4.90 Å². The molecule has 3 unspecified atom stereocenters. The third-order valence-electron chi connectivity index (χ3n) is 4.74. The Bertz CT molecular complexity index is 930. The van der Waals surface area contributed by atoms with Gasteiger partial charge in [-0.1, -0.05) is 6.07 Å². The van der Waals surface area contributed by atoms with E-state index >= 15 is 0 Å². The number of methoxy groups -OCH3 is 1. The number of carbonyl (C=O) groups excluding carboxylic acids is 1. The largest absolute Gasteiger partial charge is 0.497 e. The van der Waals surface area contributed by atoms with Crippen molar-refractivity contribution in [3.05, 3.63) is 46.7 Å². The molecular formula is C22H27NO9S. The highest BCUT2D eigenvalue weighted by Crippen LogP contribution is 2.31. The number of benzene rings is 1. The maximum Gasteiger partial charge on any atom is 0.336 e. The van der Waals surface area contributed by atoms with E-state index in [1.807, 2.05) is 17.5 Å². The summed E-state index contributed by atoms with van der Waals surface area (Å²) in [4.78, 5) is 37.2. The third kappa shape index (κ3) is 7.74. The van der Waals surface area contributed by atoms with Gasteiger partial charge in [0.15, 0.2) is 11.8 Å². The summed E-state index contributed by atoms with van der Waals surface area (Å²) in [5.41, 5.74) is -2.77. The van der Waals surface area contributed by atoms with Gasteiger partial charge in [0, 0.05) is 11.3 Å². The van der Waals surface area contributed by atoms with E-state index in [4.69, 9.17) is 19.3 Å². The van der Waals surface area contributed by atoms with Crippen molar-refractivity contribution in [1.29, 1.82) is 0 Å². The van der Waals surface area contributed by atoms with E-state index < -0.39 is 48.7 Å². The number of aliphatic hydroxyl groups is 1. The number of esters is 1. The zero-order chi connectivity index (χ0) is 24.6. The minimum Gasteiger partial charge on any atom is -0.497 e. The predicted octanol–water partition coefficient (Wildman–Crippen LogP) is 2.38. The van der Waals surface area contributed by atoms with Crippen molar-refractivity contribution in [3.8, 4) is 11.5 Å². The second-order valence-electron chi connectivity index (χ2n) is 7.53. The minimum atomic E-state index is -2.77. The molecule has 0 aliphatic rings. The first kappa shape index (κ1) is 26.1. The topological polar surface area (TPSA) is 143 Å². The molecule has 3 N–H and O–H groups in total. The second-order valence-corrected chi connectivity index (χ2v) is 8.50. The third-order valence-corrected chi connectivity index (χ3v) is 5.70. The summed E-state index contributed by atoms with van der Waals surface area (Å²) in [6.45, 7) is 0. The molecule has 33 heavy (non-hydrogen) atoms. The van der Waals surface area contributed by atoms with Gasteiger partial charge in [0.05, 0.1) is 20.0 Å². The average molecular weight is 482 g/mol. The summed E-state index contributed by atoms with van der Waals surface area (Å²) < 4.78 is 16.7. The average Bonchev–Trinajstić information content (AvgIpc) is 3.27. The van der Waals surface area contributed by atoms with E-state index in [9.17, 15) is 24.6 Å². The van der Waals surface area contributed by atoms with Gasteiger partial charge < -0.3 is 29.5 Å². The smallest absolute Gasteiger partial charge is 0.336 e. The Morgan fingerprint density at radius 2 is 1.70 bits per heavy atom. The number of hydrogen-bond acceptors (Lipinski definition) is 9. The summed E-state index contributed by atoms with van der Waals surface area (Å²) >= 11 is 1.46. The van der Waals surface area contributed by atoms with Crippen LogP contribution < -0.4 is 9.47 Å². The van der Waals surface area contributed by atoms with Crippen LogP contribution in [-0.4, -0.2) is 71.2 Å². The summed E-state index contributed by atoms with van der Waals surface area (Å²) in [5.74, 6) is -3.18. The van der Waals surface area contributed by atoms with Gasteiger partial charge in [0.25, 0.3) is 0 Å². The minimum absolute atomic E-state index is 0.190. The van der Waals surface area contributed by atoms with Crippen LogP contribution in [0.15, 0.2) is 41.8 Å². The van der Waals surface area contributed by atoms with Gasteiger partial charge in [-0.15, -0.1) is 11.3 Å². The number of ether oxygens (including phenoxy) is 3. The van der Waals surface area contributed by atoms with Gasteiger partial charge in [-0.25, -0.2) is 4.79 Å². The van der Waals surface area contributed by atoms with Crippen molar-refractivity contribution < 1.29 is 43.9 Å². The molecule has 1 aromatic heterocycles. The van der Waals surface area contributed by atoms with Crippen LogP contribution in [0.25, 0.3) is 0 Å². The Balaban J connectivity index is 2.16. The number of nitrogens with zero attached hydrogens (tertiary/aromatic N) is 1. The van der Waals surface area contributed by atoms with E-state index in [1.165, 1.54) is 11.3 Å². The van der Waals surface area contributed by atoms with Crippen molar-refractivity contribution >= 4 is 29.2 Å². The Morgan fingerprint density at radius 3 is 2.18 bits per heavy atom. The Morgan fingerprint density at radius 1 is 1.06 bits per heavy atom. The SMILES string of the molecule is COc1ccc(OC(CC(OC(=O)CC(O)(CC(=O)O)C(=O)O)N(C)C)c2cccs2)cc1. The molecule has 2 aromatic rings. The molecule has 0 saturated carbocycles. The molecule has 0 saturated heterocycles. The fourth-order valence-electron chi connectivity index (χ4n) is 2.96. The maximum atomic E-state index is 12.4. The highest BCUT2D eigenvalue weighted by atomic mass is 32.1. The highest BCUT2D eigenvalue weighted by Gasteiger charge is 2.42. The standard InChI is InChI=1S/C22H27NO9S/c1-23(2)18(32-20(26)13-22(29,21(27)28)12-19(24)25)11-16(17-5-4-10-33-17)31-15-8-6-14(30-3)7-9-15/h4-10,16,18,29H,11-13H2,1-3H3,(H,24,25)(H,27,28). The molecule has 0 amide bonds. The Labute approximate surface area is 194 Å². The van der Waals surface area contributed by atoms with E-state index in [1.54, 1.807) is 50.4 Å². The Kier molecular flexibility index (Phi) is 9.21. The molecule has 2 rings (SSSR count). The monoisotopic (exact) mass is 481 g/mol. The van der Waals surface area contributed by atoms with E-state index in [0.717, 1.165) is 4.88 Å². The van der Waals surface area contributed by atoms with Crippen molar-refractivity contribution in [2.24, 2.45) is 0 Å². The van der Waals surface area contributed by atoms with Crippen LogP contribution in [0.4, 0.5) is 0 Å². The maximum absolute atomic E-state index is 12.4. The fraction of sp³-hybridized carbons (Fsp3) is 0.409. The molecule has 10 nitrogen and oxygen atoms in total. The van der Waals surface area contributed by atoms with E-state index in [-0.39, 0.29) is 6.42 Å². The molecule has 1 heterocycles. The van der Waals surface area contributed by atoms with Crippen molar-refractivity contribution in [3.63, 3.8) is 0 Å².